The fourth-order valence-corrected chi connectivity index (χ4v) is 1.76. The van der Waals surface area contributed by atoms with Crippen molar-refractivity contribution in [1.82, 2.24) is 9.78 Å². The van der Waals surface area contributed by atoms with Crippen LogP contribution in [0, 0.1) is 0 Å². The van der Waals surface area contributed by atoms with E-state index in [9.17, 15) is 13.2 Å². The minimum Gasteiger partial charge on any atom is -0.324 e. The minimum absolute atomic E-state index is 0.146. The molecule has 0 spiro atoms. The molecule has 3 nitrogen and oxygen atoms in total. The lowest BCUT2D eigenvalue weighted by molar-refractivity contribution is -0.143. The molecule has 1 atom stereocenters. The molecular weight excluding hydrogens is 195 g/mol. The second kappa shape index (κ2) is 2.98. The third-order valence-electron chi connectivity index (χ3n) is 2.40. The Morgan fingerprint density at radius 3 is 2.93 bits per heavy atom. The Balaban J connectivity index is 2.25. The molecule has 1 aliphatic rings. The Hall–Kier alpha value is -1.04. The van der Waals surface area contributed by atoms with Crippen LogP contribution in [0.5, 0.6) is 0 Å². The average Bonchev–Trinajstić information content (AvgIpc) is 2.55. The SMILES string of the molecule is NC1CCc2c1cnn2CC(F)(F)F. The number of hydrogen-bond acceptors (Lipinski definition) is 2. The lowest BCUT2D eigenvalue weighted by Gasteiger charge is -2.08. The van der Waals surface area contributed by atoms with E-state index in [1.807, 2.05) is 0 Å². The van der Waals surface area contributed by atoms with E-state index in [1.54, 1.807) is 0 Å². The predicted molar refractivity (Wildman–Crippen MR) is 43.5 cm³/mol. The van der Waals surface area contributed by atoms with Gasteiger partial charge in [0.2, 0.25) is 0 Å². The molecule has 0 saturated heterocycles. The summed E-state index contributed by atoms with van der Waals surface area (Å²) in [6.45, 7) is -1.02. The van der Waals surface area contributed by atoms with Gasteiger partial charge >= 0.3 is 6.18 Å². The first-order valence-electron chi connectivity index (χ1n) is 4.34. The molecule has 6 heteroatoms. The molecule has 0 fully saturated rings. The van der Waals surface area contributed by atoms with Crippen molar-refractivity contribution in [2.24, 2.45) is 5.73 Å². The third-order valence-corrected chi connectivity index (χ3v) is 2.40. The van der Waals surface area contributed by atoms with Gasteiger partial charge in [0.05, 0.1) is 6.20 Å². The molecule has 0 bridgehead atoms. The van der Waals surface area contributed by atoms with E-state index in [0.29, 0.717) is 18.5 Å². The first kappa shape index (κ1) is 9.51. The lowest BCUT2D eigenvalue weighted by atomic mass is 10.2. The molecule has 78 valence electrons. The molecule has 14 heavy (non-hydrogen) atoms. The second-order valence-electron chi connectivity index (χ2n) is 3.46. The molecule has 2 N–H and O–H groups in total. The standard InChI is InChI=1S/C8H10F3N3/c9-8(10,11)4-14-7-2-1-6(12)5(7)3-13-14/h3,6H,1-2,4,12H2. The molecule has 1 aliphatic carbocycles. The number of alkyl halides is 3. The van der Waals surface area contributed by atoms with E-state index in [0.717, 1.165) is 10.2 Å². The number of nitrogens with zero attached hydrogens (tertiary/aromatic N) is 2. The van der Waals surface area contributed by atoms with Gasteiger partial charge in [-0.05, 0) is 12.8 Å². The summed E-state index contributed by atoms with van der Waals surface area (Å²) < 4.78 is 37.3. The molecule has 0 amide bonds. The highest BCUT2D eigenvalue weighted by Gasteiger charge is 2.32. The normalized spacial score (nSPS) is 21.3. The molecule has 1 aromatic heterocycles. The average molecular weight is 205 g/mol. The summed E-state index contributed by atoms with van der Waals surface area (Å²) in [5.74, 6) is 0. The summed E-state index contributed by atoms with van der Waals surface area (Å²) in [6.07, 6.45) is -1.47. The van der Waals surface area contributed by atoms with E-state index in [-0.39, 0.29) is 6.04 Å². The van der Waals surface area contributed by atoms with Crippen molar-refractivity contribution < 1.29 is 13.2 Å². The van der Waals surface area contributed by atoms with Crippen LogP contribution in [0.25, 0.3) is 0 Å². The van der Waals surface area contributed by atoms with E-state index < -0.39 is 12.7 Å². The molecule has 1 aromatic rings. The molecule has 0 radical (unpaired) electrons. The van der Waals surface area contributed by atoms with Gasteiger partial charge in [-0.2, -0.15) is 18.3 Å². The number of nitrogens with two attached hydrogens (primary N) is 1. The van der Waals surface area contributed by atoms with E-state index in [1.165, 1.54) is 6.20 Å². The van der Waals surface area contributed by atoms with Crippen LogP contribution < -0.4 is 5.73 Å². The summed E-state index contributed by atoms with van der Waals surface area (Å²) in [7, 11) is 0. The van der Waals surface area contributed by atoms with Crippen molar-refractivity contribution in [3.63, 3.8) is 0 Å². The Morgan fingerprint density at radius 2 is 2.29 bits per heavy atom. The summed E-state index contributed by atoms with van der Waals surface area (Å²) in [6, 6.07) is -0.146. The van der Waals surface area contributed by atoms with E-state index >= 15 is 0 Å². The second-order valence-corrected chi connectivity index (χ2v) is 3.46. The molecular formula is C8H10F3N3. The van der Waals surface area contributed by atoms with Gasteiger partial charge in [-0.3, -0.25) is 4.68 Å². The summed E-state index contributed by atoms with van der Waals surface area (Å²) in [5, 5.41) is 3.69. The fraction of sp³-hybridized carbons (Fsp3) is 0.625. The number of fused-ring (bicyclic) bond motifs is 1. The Labute approximate surface area is 78.7 Å². The van der Waals surface area contributed by atoms with E-state index in [2.05, 4.69) is 5.10 Å². The van der Waals surface area contributed by atoms with Gasteiger partial charge in [-0.25, -0.2) is 0 Å². The zero-order valence-corrected chi connectivity index (χ0v) is 7.38. The monoisotopic (exact) mass is 205 g/mol. The van der Waals surface area contributed by atoms with Gasteiger partial charge in [0.1, 0.15) is 6.54 Å². The topological polar surface area (TPSA) is 43.8 Å². The Morgan fingerprint density at radius 1 is 1.57 bits per heavy atom. The van der Waals surface area contributed by atoms with Crippen molar-refractivity contribution in [2.45, 2.75) is 31.6 Å². The zero-order valence-electron chi connectivity index (χ0n) is 7.38. The molecule has 0 aromatic carbocycles. The van der Waals surface area contributed by atoms with Crippen LogP contribution >= 0.6 is 0 Å². The Bertz CT molecular complexity index is 342. The predicted octanol–water partition coefficient (Wildman–Crippen LogP) is 1.39. The quantitative estimate of drug-likeness (QED) is 0.752. The summed E-state index contributed by atoms with van der Waals surface area (Å²) >= 11 is 0. The molecule has 2 rings (SSSR count). The van der Waals surface area contributed by atoms with Gasteiger partial charge in [0.25, 0.3) is 0 Å². The van der Waals surface area contributed by atoms with E-state index in [4.69, 9.17) is 5.73 Å². The highest BCUT2D eigenvalue weighted by molar-refractivity contribution is 5.26. The van der Waals surface area contributed by atoms with Crippen LogP contribution in [0.15, 0.2) is 6.20 Å². The van der Waals surface area contributed by atoms with Crippen molar-refractivity contribution >= 4 is 0 Å². The molecule has 1 unspecified atom stereocenters. The smallest absolute Gasteiger partial charge is 0.324 e. The molecule has 1 heterocycles. The summed E-state index contributed by atoms with van der Waals surface area (Å²) in [5.41, 5.74) is 7.08. The number of halogens is 3. The van der Waals surface area contributed by atoms with Crippen molar-refractivity contribution in [2.75, 3.05) is 0 Å². The van der Waals surface area contributed by atoms with Gasteiger partial charge in [0.15, 0.2) is 0 Å². The number of aromatic nitrogens is 2. The zero-order chi connectivity index (χ0) is 10.3. The van der Waals surface area contributed by atoms with Gasteiger partial charge in [-0.1, -0.05) is 0 Å². The fourth-order valence-electron chi connectivity index (χ4n) is 1.76. The third kappa shape index (κ3) is 1.61. The van der Waals surface area contributed by atoms with Crippen molar-refractivity contribution in [3.05, 3.63) is 17.5 Å². The number of rotatable bonds is 1. The van der Waals surface area contributed by atoms with Crippen LogP contribution in [0.4, 0.5) is 13.2 Å². The largest absolute Gasteiger partial charge is 0.408 e. The highest BCUT2D eigenvalue weighted by Crippen LogP contribution is 2.30. The van der Waals surface area contributed by atoms with Crippen LogP contribution in [0.1, 0.15) is 23.7 Å². The van der Waals surface area contributed by atoms with Crippen LogP contribution in [0.3, 0.4) is 0 Å². The van der Waals surface area contributed by atoms with Crippen LogP contribution in [-0.2, 0) is 13.0 Å². The van der Waals surface area contributed by atoms with Gasteiger partial charge in [0, 0.05) is 17.3 Å². The number of hydrogen-bond donors (Lipinski definition) is 1. The van der Waals surface area contributed by atoms with Gasteiger partial charge in [-0.15, -0.1) is 0 Å². The first-order chi connectivity index (χ1) is 6.47. The summed E-state index contributed by atoms with van der Waals surface area (Å²) in [4.78, 5) is 0. The first-order valence-corrected chi connectivity index (χ1v) is 4.34. The van der Waals surface area contributed by atoms with Crippen molar-refractivity contribution in [1.29, 1.82) is 0 Å². The maximum Gasteiger partial charge on any atom is 0.408 e. The molecule has 0 saturated carbocycles. The minimum atomic E-state index is -4.22. The maximum absolute atomic E-state index is 12.1. The van der Waals surface area contributed by atoms with Crippen LogP contribution in [0.2, 0.25) is 0 Å². The maximum atomic E-state index is 12.1. The highest BCUT2D eigenvalue weighted by atomic mass is 19.4. The van der Waals surface area contributed by atoms with Gasteiger partial charge < -0.3 is 5.73 Å². The lowest BCUT2D eigenvalue weighted by Crippen LogP contribution is -2.20. The van der Waals surface area contributed by atoms with Crippen LogP contribution in [-0.4, -0.2) is 16.0 Å². The molecule has 0 aliphatic heterocycles. The van der Waals surface area contributed by atoms with Crippen molar-refractivity contribution in [3.8, 4) is 0 Å². The Kier molecular flexibility index (Phi) is 2.02.